The van der Waals surface area contributed by atoms with Gasteiger partial charge in [-0.15, -0.1) is 0 Å². The van der Waals surface area contributed by atoms with Gasteiger partial charge >= 0.3 is 0 Å². The quantitative estimate of drug-likeness (QED) is 0.565. The molecule has 0 saturated heterocycles. The van der Waals surface area contributed by atoms with Crippen molar-refractivity contribution >= 4 is 11.6 Å². The Morgan fingerprint density at radius 1 is 1.50 bits per heavy atom. The average Bonchev–Trinajstić information content (AvgIpc) is 1.87. The Balaban J connectivity index is 2.91. The van der Waals surface area contributed by atoms with Gasteiger partial charge in [0.15, 0.2) is 0 Å². The molecule has 0 aromatic carbocycles. The van der Waals surface area contributed by atoms with Gasteiger partial charge in [-0.05, 0) is 18.4 Å². The minimum atomic E-state index is 0.635. The molecule has 0 atom stereocenters. The van der Waals surface area contributed by atoms with Gasteiger partial charge in [-0.2, -0.15) is 0 Å². The highest BCUT2D eigenvalue weighted by molar-refractivity contribution is 6.25. The minimum Gasteiger partial charge on any atom is -0.377 e. The van der Waals surface area contributed by atoms with Gasteiger partial charge in [0.25, 0.3) is 0 Å². The number of hydrogen-bond donors (Lipinski definition) is 0. The van der Waals surface area contributed by atoms with Crippen LogP contribution in [0.4, 0.5) is 0 Å². The Morgan fingerprint density at radius 2 is 2.20 bits per heavy atom. The Labute approximate surface area is 68.0 Å². The molecule has 0 aliphatic carbocycles. The van der Waals surface area contributed by atoms with Crippen LogP contribution in [0.3, 0.4) is 0 Å². The van der Waals surface area contributed by atoms with Crippen molar-refractivity contribution in [2.24, 2.45) is 5.92 Å². The summed E-state index contributed by atoms with van der Waals surface area (Å²) in [5.41, 5.74) is 1.48. The van der Waals surface area contributed by atoms with E-state index >= 15 is 0 Å². The van der Waals surface area contributed by atoms with Crippen LogP contribution in [0.5, 0.6) is 0 Å². The number of hydrogen-bond acceptors (Lipinski definition) is 1. The molecule has 2 heteroatoms. The summed E-state index contributed by atoms with van der Waals surface area (Å²) in [4.78, 5) is 0. The van der Waals surface area contributed by atoms with E-state index in [9.17, 15) is 0 Å². The van der Waals surface area contributed by atoms with Gasteiger partial charge in [-0.3, -0.25) is 0 Å². The maximum absolute atomic E-state index is 5.28. The molecule has 0 radical (unpaired) electrons. The maximum Gasteiger partial charge on any atom is 0.0658 e. The highest BCUT2D eigenvalue weighted by Crippen LogP contribution is 1.98. The lowest BCUT2D eigenvalue weighted by molar-refractivity contribution is 0.150. The molecule has 0 aromatic heterocycles. The zero-order valence-electron chi connectivity index (χ0n) is 6.64. The highest BCUT2D eigenvalue weighted by atomic mass is 35.5. The Bertz CT molecular complexity index is 89.3. The van der Waals surface area contributed by atoms with E-state index in [1.54, 1.807) is 6.08 Å². The van der Waals surface area contributed by atoms with Crippen LogP contribution in [0.2, 0.25) is 0 Å². The van der Waals surface area contributed by atoms with Gasteiger partial charge in [0.05, 0.1) is 6.61 Å². The van der Waals surface area contributed by atoms with Crippen LogP contribution in [0, 0.1) is 5.92 Å². The second-order valence-electron chi connectivity index (χ2n) is 2.62. The first-order chi connectivity index (χ1) is 4.77. The molecule has 0 aromatic rings. The first kappa shape index (κ1) is 9.99. The maximum atomic E-state index is 5.28. The SMILES string of the molecule is CC(C)CCOC/C=C\Cl. The fourth-order valence-corrected chi connectivity index (χ4v) is 0.580. The topological polar surface area (TPSA) is 9.23 Å². The molecule has 0 amide bonds. The monoisotopic (exact) mass is 162 g/mol. The summed E-state index contributed by atoms with van der Waals surface area (Å²) >= 11 is 5.28. The normalized spacial score (nSPS) is 11.6. The van der Waals surface area contributed by atoms with Crippen LogP contribution in [-0.4, -0.2) is 13.2 Å². The van der Waals surface area contributed by atoms with Gasteiger partial charge in [-0.1, -0.05) is 25.4 Å². The predicted octanol–water partition coefficient (Wildman–Crippen LogP) is 2.80. The summed E-state index contributed by atoms with van der Waals surface area (Å²) in [5.74, 6) is 0.722. The van der Waals surface area contributed by atoms with Gasteiger partial charge in [-0.25, -0.2) is 0 Å². The zero-order chi connectivity index (χ0) is 7.82. The van der Waals surface area contributed by atoms with E-state index in [1.807, 2.05) is 0 Å². The second kappa shape index (κ2) is 7.10. The molecule has 0 saturated carbocycles. The molecule has 1 nitrogen and oxygen atoms in total. The minimum absolute atomic E-state index is 0.635. The molecule has 0 heterocycles. The molecule has 10 heavy (non-hydrogen) atoms. The zero-order valence-corrected chi connectivity index (χ0v) is 7.40. The van der Waals surface area contributed by atoms with Gasteiger partial charge in [0, 0.05) is 12.1 Å². The van der Waals surface area contributed by atoms with E-state index in [2.05, 4.69) is 13.8 Å². The largest absolute Gasteiger partial charge is 0.377 e. The Kier molecular flexibility index (Phi) is 7.09. The predicted molar refractivity (Wildman–Crippen MR) is 45.3 cm³/mol. The fraction of sp³-hybridized carbons (Fsp3) is 0.750. The Hall–Kier alpha value is -0.0100. The van der Waals surface area contributed by atoms with Crippen molar-refractivity contribution in [2.45, 2.75) is 20.3 Å². The van der Waals surface area contributed by atoms with Crippen molar-refractivity contribution in [3.8, 4) is 0 Å². The van der Waals surface area contributed by atoms with E-state index < -0.39 is 0 Å². The molecule has 0 unspecified atom stereocenters. The molecule has 0 fully saturated rings. The van der Waals surface area contributed by atoms with E-state index in [-0.39, 0.29) is 0 Å². The third-order valence-electron chi connectivity index (χ3n) is 1.14. The van der Waals surface area contributed by atoms with Crippen LogP contribution in [0.1, 0.15) is 20.3 Å². The molecule has 0 aliphatic rings. The van der Waals surface area contributed by atoms with Crippen molar-refractivity contribution in [3.05, 3.63) is 11.6 Å². The first-order valence-corrected chi connectivity index (χ1v) is 4.04. The van der Waals surface area contributed by atoms with Crippen LogP contribution >= 0.6 is 11.6 Å². The van der Waals surface area contributed by atoms with Crippen LogP contribution in [-0.2, 0) is 4.74 Å². The lowest BCUT2D eigenvalue weighted by atomic mass is 10.1. The molecule has 0 aliphatic heterocycles. The van der Waals surface area contributed by atoms with Crippen LogP contribution in [0.15, 0.2) is 11.6 Å². The number of ether oxygens (including phenoxy) is 1. The van der Waals surface area contributed by atoms with Crippen molar-refractivity contribution in [1.82, 2.24) is 0 Å². The molecule has 0 spiro atoms. The lowest BCUT2D eigenvalue weighted by Crippen LogP contribution is -1.98. The third-order valence-corrected chi connectivity index (χ3v) is 1.32. The molecular formula is C8H15ClO. The smallest absolute Gasteiger partial charge is 0.0658 e. The number of halogens is 1. The number of rotatable bonds is 5. The summed E-state index contributed by atoms with van der Waals surface area (Å²) < 4.78 is 5.21. The lowest BCUT2D eigenvalue weighted by Gasteiger charge is -2.02. The second-order valence-corrected chi connectivity index (χ2v) is 2.87. The summed E-state index contributed by atoms with van der Waals surface area (Å²) in [7, 11) is 0. The third kappa shape index (κ3) is 7.99. The van der Waals surface area contributed by atoms with E-state index in [0.29, 0.717) is 6.61 Å². The van der Waals surface area contributed by atoms with Crippen molar-refractivity contribution in [1.29, 1.82) is 0 Å². The summed E-state index contributed by atoms with van der Waals surface area (Å²) in [6.07, 6.45) is 2.91. The van der Waals surface area contributed by atoms with Crippen molar-refractivity contribution < 1.29 is 4.74 Å². The van der Waals surface area contributed by atoms with E-state index in [4.69, 9.17) is 16.3 Å². The Morgan fingerprint density at radius 3 is 2.70 bits per heavy atom. The summed E-state index contributed by atoms with van der Waals surface area (Å²) in [5, 5.41) is 0. The first-order valence-electron chi connectivity index (χ1n) is 3.60. The van der Waals surface area contributed by atoms with E-state index in [1.165, 1.54) is 5.54 Å². The van der Waals surface area contributed by atoms with E-state index in [0.717, 1.165) is 18.9 Å². The molecule has 60 valence electrons. The van der Waals surface area contributed by atoms with Crippen molar-refractivity contribution in [3.63, 3.8) is 0 Å². The van der Waals surface area contributed by atoms with Crippen LogP contribution in [0.25, 0.3) is 0 Å². The molecule has 0 rings (SSSR count). The van der Waals surface area contributed by atoms with Crippen LogP contribution < -0.4 is 0 Å². The molecular weight excluding hydrogens is 148 g/mol. The summed E-state index contributed by atoms with van der Waals surface area (Å²) in [6, 6.07) is 0. The molecule has 0 N–H and O–H groups in total. The average molecular weight is 163 g/mol. The van der Waals surface area contributed by atoms with Gasteiger partial charge < -0.3 is 4.74 Å². The standard InChI is InChI=1S/C8H15ClO/c1-8(2)4-7-10-6-3-5-9/h3,5,8H,4,6-7H2,1-2H3/b5-3-. The van der Waals surface area contributed by atoms with Gasteiger partial charge in [0.1, 0.15) is 0 Å². The van der Waals surface area contributed by atoms with Crippen molar-refractivity contribution in [2.75, 3.05) is 13.2 Å². The fourth-order valence-electron chi connectivity index (χ4n) is 0.507. The summed E-state index contributed by atoms with van der Waals surface area (Å²) in [6.45, 7) is 5.83. The van der Waals surface area contributed by atoms with Gasteiger partial charge in [0.2, 0.25) is 0 Å². The highest BCUT2D eigenvalue weighted by Gasteiger charge is 1.91. The molecule has 0 bridgehead atoms.